The van der Waals surface area contributed by atoms with Crippen LogP contribution in [0.1, 0.15) is 0 Å². The number of anilines is 3. The zero-order chi connectivity index (χ0) is 13.2. The van der Waals surface area contributed by atoms with Crippen LogP contribution in [0.4, 0.5) is 17.1 Å². The molecule has 1 aliphatic rings. The fourth-order valence-electron chi connectivity index (χ4n) is 1.92. The summed E-state index contributed by atoms with van der Waals surface area (Å²) in [5.74, 6) is 1.49. The Hall–Kier alpha value is -2.07. The van der Waals surface area contributed by atoms with Crippen LogP contribution in [0.25, 0.3) is 0 Å². The van der Waals surface area contributed by atoms with Crippen molar-refractivity contribution in [3.05, 3.63) is 41.4 Å². The summed E-state index contributed by atoms with van der Waals surface area (Å²) in [5.41, 5.74) is 8.09. The summed E-state index contributed by atoms with van der Waals surface area (Å²) in [7, 11) is 0. The topological polar surface area (TPSA) is 56.5 Å². The van der Waals surface area contributed by atoms with Crippen molar-refractivity contribution >= 4 is 28.7 Å². The summed E-state index contributed by atoms with van der Waals surface area (Å²) >= 11 is 5.99. The minimum absolute atomic E-state index is 0.527. The summed E-state index contributed by atoms with van der Waals surface area (Å²) in [4.78, 5) is 0. The third kappa shape index (κ3) is 2.39. The molecule has 0 bridgehead atoms. The summed E-state index contributed by atoms with van der Waals surface area (Å²) in [5, 5.41) is 3.75. The van der Waals surface area contributed by atoms with E-state index in [0.717, 1.165) is 22.9 Å². The minimum Gasteiger partial charge on any atom is -0.486 e. The molecule has 5 heteroatoms. The van der Waals surface area contributed by atoms with Crippen LogP contribution in [0.15, 0.2) is 36.4 Å². The van der Waals surface area contributed by atoms with Crippen LogP contribution in [-0.2, 0) is 0 Å². The first-order valence-electron chi connectivity index (χ1n) is 5.95. The molecule has 19 heavy (non-hydrogen) atoms. The highest BCUT2D eigenvalue weighted by molar-refractivity contribution is 6.33. The Bertz CT molecular complexity index is 616. The second-order valence-corrected chi connectivity index (χ2v) is 4.59. The van der Waals surface area contributed by atoms with Crippen LogP contribution in [0.5, 0.6) is 11.5 Å². The summed E-state index contributed by atoms with van der Waals surface area (Å²) in [6, 6.07) is 11.1. The van der Waals surface area contributed by atoms with Gasteiger partial charge in [-0.2, -0.15) is 0 Å². The van der Waals surface area contributed by atoms with E-state index in [2.05, 4.69) is 5.32 Å². The molecule has 0 spiro atoms. The van der Waals surface area contributed by atoms with E-state index in [0.29, 0.717) is 23.9 Å². The number of fused-ring (bicyclic) bond motifs is 1. The van der Waals surface area contributed by atoms with E-state index in [-0.39, 0.29) is 0 Å². The van der Waals surface area contributed by atoms with Gasteiger partial charge in [0.1, 0.15) is 13.2 Å². The molecule has 0 unspecified atom stereocenters. The van der Waals surface area contributed by atoms with E-state index in [1.165, 1.54) is 0 Å². The van der Waals surface area contributed by atoms with Gasteiger partial charge in [-0.3, -0.25) is 0 Å². The molecular weight excluding hydrogens is 264 g/mol. The number of hydrogen-bond acceptors (Lipinski definition) is 4. The molecule has 2 aromatic carbocycles. The van der Waals surface area contributed by atoms with Crippen LogP contribution in [-0.4, -0.2) is 13.2 Å². The second-order valence-electron chi connectivity index (χ2n) is 4.18. The van der Waals surface area contributed by atoms with E-state index >= 15 is 0 Å². The zero-order valence-corrected chi connectivity index (χ0v) is 10.9. The Labute approximate surface area is 116 Å². The molecule has 98 valence electrons. The Morgan fingerprint density at radius 2 is 1.84 bits per heavy atom. The van der Waals surface area contributed by atoms with E-state index in [9.17, 15) is 0 Å². The van der Waals surface area contributed by atoms with Crippen LogP contribution >= 0.6 is 11.6 Å². The molecule has 0 radical (unpaired) electrons. The lowest BCUT2D eigenvalue weighted by atomic mass is 10.2. The highest BCUT2D eigenvalue weighted by Gasteiger charge is 2.12. The largest absolute Gasteiger partial charge is 0.486 e. The van der Waals surface area contributed by atoms with E-state index in [1.807, 2.05) is 30.3 Å². The van der Waals surface area contributed by atoms with Crippen molar-refractivity contribution in [3.8, 4) is 11.5 Å². The highest BCUT2D eigenvalue weighted by Crippen LogP contribution is 2.35. The predicted octanol–water partition coefficient (Wildman–Crippen LogP) is 3.44. The van der Waals surface area contributed by atoms with Gasteiger partial charge in [0.05, 0.1) is 16.4 Å². The average molecular weight is 277 g/mol. The lowest BCUT2D eigenvalue weighted by molar-refractivity contribution is 0.171. The van der Waals surface area contributed by atoms with Crippen LogP contribution < -0.4 is 20.5 Å². The van der Waals surface area contributed by atoms with Gasteiger partial charge >= 0.3 is 0 Å². The van der Waals surface area contributed by atoms with Gasteiger partial charge in [0.2, 0.25) is 0 Å². The summed E-state index contributed by atoms with van der Waals surface area (Å²) < 4.78 is 11.0. The van der Waals surface area contributed by atoms with Crippen molar-refractivity contribution in [3.63, 3.8) is 0 Å². The minimum atomic E-state index is 0.527. The number of nitrogen functional groups attached to an aromatic ring is 1. The number of halogens is 1. The first-order chi connectivity index (χ1) is 9.24. The Morgan fingerprint density at radius 3 is 2.68 bits per heavy atom. The number of hydrogen-bond donors (Lipinski definition) is 2. The maximum Gasteiger partial charge on any atom is 0.163 e. The van der Waals surface area contributed by atoms with Gasteiger partial charge in [-0.15, -0.1) is 0 Å². The summed E-state index contributed by atoms with van der Waals surface area (Å²) in [6.07, 6.45) is 0. The third-order valence-corrected chi connectivity index (χ3v) is 3.20. The maximum absolute atomic E-state index is 5.99. The second kappa shape index (κ2) is 4.90. The first kappa shape index (κ1) is 12.0. The number of rotatable bonds is 2. The molecule has 0 saturated heterocycles. The van der Waals surface area contributed by atoms with Crippen molar-refractivity contribution < 1.29 is 9.47 Å². The number of ether oxygens (including phenoxy) is 2. The zero-order valence-electron chi connectivity index (χ0n) is 10.2. The molecule has 0 atom stereocenters. The van der Waals surface area contributed by atoms with Gasteiger partial charge in [0, 0.05) is 11.8 Å². The lowest BCUT2D eigenvalue weighted by Crippen LogP contribution is -2.15. The van der Waals surface area contributed by atoms with Gasteiger partial charge in [-0.1, -0.05) is 17.7 Å². The molecule has 4 nitrogen and oxygen atoms in total. The maximum atomic E-state index is 5.99. The molecule has 3 N–H and O–H groups in total. The standard InChI is InChI=1S/C14H13ClN2O2/c15-10-2-1-3-11(14(10)16)17-9-4-5-12-13(8-9)19-7-6-18-12/h1-5,8,17H,6-7,16H2. The van der Waals surface area contributed by atoms with Crippen LogP contribution in [0.2, 0.25) is 5.02 Å². The smallest absolute Gasteiger partial charge is 0.163 e. The van der Waals surface area contributed by atoms with Crippen molar-refractivity contribution in [2.45, 2.75) is 0 Å². The monoisotopic (exact) mass is 276 g/mol. The molecule has 0 saturated carbocycles. The van der Waals surface area contributed by atoms with Gasteiger partial charge in [0.15, 0.2) is 11.5 Å². The van der Waals surface area contributed by atoms with Crippen molar-refractivity contribution in [1.29, 1.82) is 0 Å². The number of nitrogens with two attached hydrogens (primary N) is 1. The molecule has 3 rings (SSSR count). The lowest BCUT2D eigenvalue weighted by Gasteiger charge is -2.19. The Morgan fingerprint density at radius 1 is 1.05 bits per heavy atom. The third-order valence-electron chi connectivity index (χ3n) is 2.87. The van der Waals surface area contributed by atoms with Gasteiger partial charge < -0.3 is 20.5 Å². The van der Waals surface area contributed by atoms with Gasteiger partial charge in [-0.25, -0.2) is 0 Å². The normalized spacial score (nSPS) is 13.1. The molecular formula is C14H13ClN2O2. The molecule has 0 aromatic heterocycles. The summed E-state index contributed by atoms with van der Waals surface area (Å²) in [6.45, 7) is 1.15. The molecule has 1 aliphatic heterocycles. The predicted molar refractivity (Wildman–Crippen MR) is 76.6 cm³/mol. The fourth-order valence-corrected chi connectivity index (χ4v) is 2.10. The van der Waals surface area contributed by atoms with Gasteiger partial charge in [0.25, 0.3) is 0 Å². The number of nitrogens with one attached hydrogen (secondary N) is 1. The fraction of sp³-hybridized carbons (Fsp3) is 0.143. The SMILES string of the molecule is Nc1c(Cl)cccc1Nc1ccc2c(c1)OCCO2. The quantitative estimate of drug-likeness (QED) is 0.825. The number of benzene rings is 2. The van der Waals surface area contributed by atoms with E-state index in [1.54, 1.807) is 6.07 Å². The highest BCUT2D eigenvalue weighted by atomic mass is 35.5. The van der Waals surface area contributed by atoms with Crippen molar-refractivity contribution in [2.75, 3.05) is 24.3 Å². The van der Waals surface area contributed by atoms with Crippen molar-refractivity contribution in [2.24, 2.45) is 0 Å². The van der Waals surface area contributed by atoms with E-state index in [4.69, 9.17) is 26.8 Å². The molecule has 0 fully saturated rings. The molecule has 1 heterocycles. The molecule has 2 aromatic rings. The van der Waals surface area contributed by atoms with Crippen LogP contribution in [0.3, 0.4) is 0 Å². The number of para-hydroxylation sites is 1. The first-order valence-corrected chi connectivity index (χ1v) is 6.32. The van der Waals surface area contributed by atoms with Gasteiger partial charge in [-0.05, 0) is 24.3 Å². The molecule has 0 aliphatic carbocycles. The average Bonchev–Trinajstić information content (AvgIpc) is 2.44. The van der Waals surface area contributed by atoms with E-state index < -0.39 is 0 Å². The van der Waals surface area contributed by atoms with Crippen LogP contribution in [0, 0.1) is 0 Å². The molecule has 0 amide bonds. The van der Waals surface area contributed by atoms with Crippen molar-refractivity contribution in [1.82, 2.24) is 0 Å². The Kier molecular flexibility index (Phi) is 3.09. The Balaban J connectivity index is 1.89.